The number of hydrogen-bond donors (Lipinski definition) is 1. The molecule has 2 heterocycles. The Morgan fingerprint density at radius 3 is 2.50 bits per heavy atom. The molecule has 3 aromatic rings. The summed E-state index contributed by atoms with van der Waals surface area (Å²) in [6.45, 7) is 3.37. The van der Waals surface area contributed by atoms with Gasteiger partial charge < -0.3 is 24.4 Å². The summed E-state index contributed by atoms with van der Waals surface area (Å²) in [5.41, 5.74) is 0.193. The fourth-order valence-corrected chi connectivity index (χ4v) is 4.82. The first-order valence-electron chi connectivity index (χ1n) is 10.8. The van der Waals surface area contributed by atoms with Gasteiger partial charge in [0.15, 0.2) is 16.6 Å². The van der Waals surface area contributed by atoms with Gasteiger partial charge in [0, 0.05) is 38.2 Å². The molecule has 1 fully saturated rings. The van der Waals surface area contributed by atoms with Crippen LogP contribution in [0.3, 0.4) is 0 Å². The summed E-state index contributed by atoms with van der Waals surface area (Å²) in [6, 6.07) is 10.6. The van der Waals surface area contributed by atoms with Gasteiger partial charge in [0.25, 0.3) is 0 Å². The molecule has 2 aromatic carbocycles. The van der Waals surface area contributed by atoms with Gasteiger partial charge >= 0.3 is 6.18 Å². The highest BCUT2D eigenvalue weighted by Crippen LogP contribution is 2.36. The molecule has 10 heteroatoms. The number of hydrogen-bond acceptors (Lipinski definition) is 7. The van der Waals surface area contributed by atoms with Crippen LogP contribution in [0.1, 0.15) is 21.6 Å². The molecule has 1 aliphatic rings. The number of piperazine rings is 1. The minimum Gasteiger partial charge on any atom is -0.493 e. The Morgan fingerprint density at radius 1 is 1.06 bits per heavy atom. The van der Waals surface area contributed by atoms with Crippen LogP contribution < -0.4 is 14.4 Å². The first kappa shape index (κ1) is 24.2. The third kappa shape index (κ3) is 5.56. The van der Waals surface area contributed by atoms with Gasteiger partial charge in [-0.2, -0.15) is 18.2 Å². The highest BCUT2D eigenvalue weighted by molar-refractivity contribution is 7.15. The molecule has 0 aliphatic carbocycles. The summed E-state index contributed by atoms with van der Waals surface area (Å²) in [5.74, 6) is 0.766. The van der Waals surface area contributed by atoms with Crippen LogP contribution in [0.2, 0.25) is 0 Å². The van der Waals surface area contributed by atoms with Crippen LogP contribution in [0.4, 0.5) is 18.3 Å². The number of aromatic hydroxyl groups is 1. The standard InChI is InChI=1S/C24H26F3N3O3S/c1-29-9-11-30(12-10-29)23-28-22(31)21(34-23)14-16-7-8-19(20(13-16)32-2)33-15-17-5-3-4-6-18(17)24(25,26)27/h3-8,13,31H,9-12,14-15H2,1-2H3. The molecule has 4 rings (SSSR count). The van der Waals surface area contributed by atoms with E-state index in [0.717, 1.165) is 47.8 Å². The molecule has 1 saturated heterocycles. The number of benzene rings is 2. The van der Waals surface area contributed by atoms with Crippen molar-refractivity contribution in [3.8, 4) is 17.4 Å². The Hall–Kier alpha value is -2.98. The predicted molar refractivity (Wildman–Crippen MR) is 125 cm³/mol. The van der Waals surface area contributed by atoms with E-state index in [9.17, 15) is 18.3 Å². The highest BCUT2D eigenvalue weighted by atomic mass is 32.1. The number of ether oxygens (including phenoxy) is 2. The van der Waals surface area contributed by atoms with E-state index in [1.54, 1.807) is 18.2 Å². The fourth-order valence-electron chi connectivity index (χ4n) is 3.78. The summed E-state index contributed by atoms with van der Waals surface area (Å²) in [4.78, 5) is 9.50. The van der Waals surface area contributed by atoms with Gasteiger partial charge in [-0.3, -0.25) is 0 Å². The van der Waals surface area contributed by atoms with Crippen LogP contribution in [0.5, 0.6) is 17.4 Å². The van der Waals surface area contributed by atoms with E-state index >= 15 is 0 Å². The number of nitrogens with zero attached hydrogens (tertiary/aromatic N) is 3. The van der Waals surface area contributed by atoms with Crippen molar-refractivity contribution in [2.75, 3.05) is 45.2 Å². The molecule has 34 heavy (non-hydrogen) atoms. The third-order valence-corrected chi connectivity index (χ3v) is 6.84. The Bertz CT molecular complexity index is 1130. The van der Waals surface area contributed by atoms with Gasteiger partial charge in [0.2, 0.25) is 5.88 Å². The van der Waals surface area contributed by atoms with Crippen molar-refractivity contribution in [1.82, 2.24) is 9.88 Å². The lowest BCUT2D eigenvalue weighted by atomic mass is 10.1. The first-order valence-corrected chi connectivity index (χ1v) is 11.6. The van der Waals surface area contributed by atoms with Crippen molar-refractivity contribution < 1.29 is 27.8 Å². The van der Waals surface area contributed by atoms with E-state index in [4.69, 9.17) is 9.47 Å². The molecule has 1 aromatic heterocycles. The number of methoxy groups -OCH3 is 1. The Morgan fingerprint density at radius 2 is 1.79 bits per heavy atom. The van der Waals surface area contributed by atoms with Crippen LogP contribution in [0, 0.1) is 0 Å². The first-order chi connectivity index (χ1) is 16.2. The third-order valence-electron chi connectivity index (χ3n) is 5.74. The molecule has 1 N–H and O–H groups in total. The van der Waals surface area contributed by atoms with Crippen molar-refractivity contribution in [3.63, 3.8) is 0 Å². The molecule has 0 radical (unpaired) electrons. The number of halogens is 3. The van der Waals surface area contributed by atoms with E-state index < -0.39 is 11.7 Å². The van der Waals surface area contributed by atoms with Crippen LogP contribution >= 0.6 is 11.3 Å². The van der Waals surface area contributed by atoms with Crippen molar-refractivity contribution in [2.24, 2.45) is 0 Å². The molecule has 182 valence electrons. The molecule has 0 saturated carbocycles. The molecule has 0 bridgehead atoms. The Kier molecular flexibility index (Phi) is 7.18. The van der Waals surface area contributed by atoms with Crippen molar-refractivity contribution in [2.45, 2.75) is 19.2 Å². The second kappa shape index (κ2) is 10.1. The molecule has 0 spiro atoms. The lowest BCUT2D eigenvalue weighted by Gasteiger charge is -2.31. The molecule has 0 unspecified atom stereocenters. The highest BCUT2D eigenvalue weighted by Gasteiger charge is 2.33. The van der Waals surface area contributed by atoms with E-state index in [1.807, 2.05) is 6.07 Å². The second-order valence-electron chi connectivity index (χ2n) is 8.14. The monoisotopic (exact) mass is 493 g/mol. The molecular formula is C24H26F3N3O3S. The van der Waals surface area contributed by atoms with Crippen LogP contribution in [-0.2, 0) is 19.2 Å². The maximum atomic E-state index is 13.2. The van der Waals surface area contributed by atoms with Crippen LogP contribution in [0.25, 0.3) is 0 Å². The van der Waals surface area contributed by atoms with Gasteiger partial charge in [0.05, 0.1) is 17.6 Å². The van der Waals surface area contributed by atoms with Gasteiger partial charge in [-0.1, -0.05) is 35.6 Å². The maximum absolute atomic E-state index is 13.2. The molecular weight excluding hydrogens is 467 g/mol. The molecule has 6 nitrogen and oxygen atoms in total. The van der Waals surface area contributed by atoms with E-state index in [1.165, 1.54) is 30.6 Å². The molecule has 0 amide bonds. The number of alkyl halides is 3. The minimum absolute atomic E-state index is 0.0157. The quantitative estimate of drug-likeness (QED) is 0.511. The van der Waals surface area contributed by atoms with Gasteiger partial charge in [0.1, 0.15) is 6.61 Å². The zero-order chi connectivity index (χ0) is 24.3. The summed E-state index contributed by atoms with van der Waals surface area (Å²) in [6.07, 6.45) is -4.00. The largest absolute Gasteiger partial charge is 0.493 e. The molecule has 0 atom stereocenters. The number of aromatic nitrogens is 1. The normalized spacial score (nSPS) is 14.9. The zero-order valence-corrected chi connectivity index (χ0v) is 19.7. The van der Waals surface area contributed by atoms with Crippen LogP contribution in [0.15, 0.2) is 42.5 Å². The molecule has 1 aliphatic heterocycles. The average Bonchev–Trinajstić information content (AvgIpc) is 3.18. The second-order valence-corrected chi connectivity index (χ2v) is 9.20. The van der Waals surface area contributed by atoms with Gasteiger partial charge in [-0.05, 0) is 30.8 Å². The summed E-state index contributed by atoms with van der Waals surface area (Å²) in [7, 11) is 3.56. The summed E-state index contributed by atoms with van der Waals surface area (Å²) >= 11 is 1.46. The number of thiazole rings is 1. The van der Waals surface area contributed by atoms with E-state index in [2.05, 4.69) is 21.8 Å². The van der Waals surface area contributed by atoms with E-state index in [0.29, 0.717) is 17.9 Å². The Balaban J connectivity index is 1.46. The van der Waals surface area contributed by atoms with E-state index in [-0.39, 0.29) is 18.1 Å². The fraction of sp³-hybridized carbons (Fsp3) is 0.375. The maximum Gasteiger partial charge on any atom is 0.416 e. The zero-order valence-electron chi connectivity index (χ0n) is 18.9. The van der Waals surface area contributed by atoms with Crippen molar-refractivity contribution in [3.05, 3.63) is 64.0 Å². The lowest BCUT2D eigenvalue weighted by Crippen LogP contribution is -2.44. The smallest absolute Gasteiger partial charge is 0.416 e. The topological polar surface area (TPSA) is 58.1 Å². The van der Waals surface area contributed by atoms with Gasteiger partial charge in [-0.15, -0.1) is 0 Å². The van der Waals surface area contributed by atoms with Crippen LogP contribution in [-0.4, -0.2) is 55.3 Å². The predicted octanol–water partition coefficient (Wildman–Crippen LogP) is 4.80. The Labute approximate surface area is 200 Å². The van der Waals surface area contributed by atoms with Gasteiger partial charge in [-0.25, -0.2) is 0 Å². The summed E-state index contributed by atoms with van der Waals surface area (Å²) < 4.78 is 50.8. The number of rotatable bonds is 7. The lowest BCUT2D eigenvalue weighted by molar-refractivity contribution is -0.138. The van der Waals surface area contributed by atoms with Crippen molar-refractivity contribution in [1.29, 1.82) is 0 Å². The number of anilines is 1. The SMILES string of the molecule is COc1cc(Cc2sc(N3CCN(C)CC3)nc2O)ccc1OCc1ccccc1C(F)(F)F. The van der Waals surface area contributed by atoms with Crippen molar-refractivity contribution >= 4 is 16.5 Å². The average molecular weight is 494 g/mol. The number of likely N-dealkylation sites (N-methyl/N-ethyl adjacent to an activating group) is 1. The minimum atomic E-state index is -4.45. The summed E-state index contributed by atoms with van der Waals surface area (Å²) in [5, 5.41) is 11.2.